The first kappa shape index (κ1) is 13.4. The Morgan fingerprint density at radius 3 is 1.76 bits per heavy atom. The molecule has 21 heavy (non-hydrogen) atoms. The predicted octanol–water partition coefficient (Wildman–Crippen LogP) is 4.59. The largest absolute Gasteiger partial charge is 0.398 e. The monoisotopic (exact) mass is 277 g/mol. The Morgan fingerprint density at radius 1 is 0.714 bits per heavy atom. The SMILES string of the molecule is Nc1ccc(F)cc1C(c1ccccc1)c1ccccc1. The van der Waals surface area contributed by atoms with Crippen molar-refractivity contribution in [1.29, 1.82) is 0 Å². The van der Waals surface area contributed by atoms with E-state index in [1.165, 1.54) is 12.1 Å². The molecule has 1 nitrogen and oxygen atoms in total. The molecule has 0 aromatic heterocycles. The van der Waals surface area contributed by atoms with Crippen molar-refractivity contribution in [2.75, 3.05) is 5.73 Å². The molecule has 3 aromatic rings. The molecule has 0 fully saturated rings. The molecule has 0 atom stereocenters. The highest BCUT2D eigenvalue weighted by molar-refractivity contribution is 5.56. The highest BCUT2D eigenvalue weighted by atomic mass is 19.1. The third-order valence-electron chi connectivity index (χ3n) is 3.63. The first-order valence-electron chi connectivity index (χ1n) is 6.90. The van der Waals surface area contributed by atoms with Crippen LogP contribution in [0.5, 0.6) is 0 Å². The lowest BCUT2D eigenvalue weighted by atomic mass is 9.84. The van der Waals surface area contributed by atoms with Gasteiger partial charge in [0.15, 0.2) is 0 Å². The molecular weight excluding hydrogens is 261 g/mol. The summed E-state index contributed by atoms with van der Waals surface area (Å²) in [6.07, 6.45) is 0. The highest BCUT2D eigenvalue weighted by Crippen LogP contribution is 2.35. The van der Waals surface area contributed by atoms with Crippen LogP contribution in [0, 0.1) is 5.82 Å². The van der Waals surface area contributed by atoms with Crippen molar-refractivity contribution in [3.63, 3.8) is 0 Å². The number of nitrogen functional groups attached to an aromatic ring is 1. The van der Waals surface area contributed by atoms with Crippen molar-refractivity contribution in [2.45, 2.75) is 5.92 Å². The smallest absolute Gasteiger partial charge is 0.123 e. The lowest BCUT2D eigenvalue weighted by Crippen LogP contribution is -2.07. The van der Waals surface area contributed by atoms with E-state index in [0.717, 1.165) is 16.7 Å². The Bertz CT molecular complexity index is 684. The quantitative estimate of drug-likeness (QED) is 0.550. The van der Waals surface area contributed by atoms with Gasteiger partial charge in [-0.3, -0.25) is 0 Å². The average molecular weight is 277 g/mol. The fraction of sp³-hybridized carbons (Fsp3) is 0.0526. The molecule has 0 aliphatic rings. The Labute approximate surface area is 123 Å². The van der Waals surface area contributed by atoms with E-state index in [0.29, 0.717) is 5.69 Å². The van der Waals surface area contributed by atoms with Gasteiger partial charge in [-0.2, -0.15) is 0 Å². The van der Waals surface area contributed by atoms with Crippen molar-refractivity contribution in [3.8, 4) is 0 Å². The molecule has 0 unspecified atom stereocenters. The summed E-state index contributed by atoms with van der Waals surface area (Å²) in [5, 5.41) is 0. The molecule has 0 radical (unpaired) electrons. The summed E-state index contributed by atoms with van der Waals surface area (Å²) < 4.78 is 13.7. The van der Waals surface area contributed by atoms with E-state index in [1.807, 2.05) is 60.7 Å². The van der Waals surface area contributed by atoms with E-state index in [-0.39, 0.29) is 11.7 Å². The molecule has 0 heterocycles. The third kappa shape index (κ3) is 2.79. The maximum atomic E-state index is 13.7. The lowest BCUT2D eigenvalue weighted by molar-refractivity contribution is 0.625. The number of rotatable bonds is 3. The zero-order chi connectivity index (χ0) is 14.7. The summed E-state index contributed by atoms with van der Waals surface area (Å²) in [6.45, 7) is 0. The Kier molecular flexibility index (Phi) is 3.69. The van der Waals surface area contributed by atoms with E-state index < -0.39 is 0 Å². The number of nitrogens with two attached hydrogens (primary N) is 1. The molecule has 104 valence electrons. The van der Waals surface area contributed by atoms with Crippen LogP contribution in [0.15, 0.2) is 78.9 Å². The third-order valence-corrected chi connectivity index (χ3v) is 3.63. The van der Waals surface area contributed by atoms with Gasteiger partial charge in [-0.25, -0.2) is 4.39 Å². The number of benzene rings is 3. The van der Waals surface area contributed by atoms with Gasteiger partial charge in [0.05, 0.1) is 0 Å². The summed E-state index contributed by atoms with van der Waals surface area (Å²) in [4.78, 5) is 0. The van der Waals surface area contributed by atoms with Gasteiger partial charge < -0.3 is 5.73 Å². The Hall–Kier alpha value is -2.61. The maximum Gasteiger partial charge on any atom is 0.123 e. The second-order valence-corrected chi connectivity index (χ2v) is 5.03. The number of halogens is 1. The van der Waals surface area contributed by atoms with Crippen LogP contribution in [0.1, 0.15) is 22.6 Å². The van der Waals surface area contributed by atoms with Gasteiger partial charge in [0.1, 0.15) is 5.82 Å². The summed E-state index contributed by atoms with van der Waals surface area (Å²) >= 11 is 0. The fourth-order valence-electron chi connectivity index (χ4n) is 2.64. The van der Waals surface area contributed by atoms with Crippen LogP contribution in [0.25, 0.3) is 0 Å². The van der Waals surface area contributed by atoms with E-state index in [9.17, 15) is 4.39 Å². The topological polar surface area (TPSA) is 26.0 Å². The van der Waals surface area contributed by atoms with Crippen LogP contribution in [0.4, 0.5) is 10.1 Å². The molecule has 0 bridgehead atoms. The minimum Gasteiger partial charge on any atom is -0.398 e. The number of hydrogen-bond donors (Lipinski definition) is 1. The molecule has 0 aliphatic heterocycles. The Morgan fingerprint density at radius 2 is 1.24 bits per heavy atom. The predicted molar refractivity (Wildman–Crippen MR) is 84.6 cm³/mol. The maximum absolute atomic E-state index is 13.7. The zero-order valence-electron chi connectivity index (χ0n) is 11.5. The minimum atomic E-state index is -0.268. The van der Waals surface area contributed by atoms with Gasteiger partial charge >= 0.3 is 0 Å². The normalized spacial score (nSPS) is 10.8. The van der Waals surface area contributed by atoms with Crippen LogP contribution >= 0.6 is 0 Å². The van der Waals surface area contributed by atoms with Crippen LogP contribution in [0.3, 0.4) is 0 Å². The zero-order valence-corrected chi connectivity index (χ0v) is 11.5. The van der Waals surface area contributed by atoms with Gasteiger partial charge in [-0.05, 0) is 34.9 Å². The molecule has 3 rings (SSSR count). The number of anilines is 1. The molecule has 0 spiro atoms. The second kappa shape index (κ2) is 5.80. The average Bonchev–Trinajstić information content (AvgIpc) is 2.53. The van der Waals surface area contributed by atoms with Crippen molar-refractivity contribution in [1.82, 2.24) is 0 Å². The van der Waals surface area contributed by atoms with Crippen molar-refractivity contribution in [3.05, 3.63) is 101 Å². The summed E-state index contributed by atoms with van der Waals surface area (Å²) in [5.41, 5.74) is 9.70. The van der Waals surface area contributed by atoms with Gasteiger partial charge in [0.25, 0.3) is 0 Å². The highest BCUT2D eigenvalue weighted by Gasteiger charge is 2.19. The lowest BCUT2D eigenvalue weighted by Gasteiger charge is -2.20. The van der Waals surface area contributed by atoms with Crippen LogP contribution in [-0.4, -0.2) is 0 Å². The van der Waals surface area contributed by atoms with Crippen LogP contribution in [0.2, 0.25) is 0 Å². The van der Waals surface area contributed by atoms with Crippen molar-refractivity contribution in [2.24, 2.45) is 0 Å². The molecule has 0 saturated heterocycles. The standard InChI is InChI=1S/C19H16FN/c20-16-11-12-18(21)17(13-16)19(14-7-3-1-4-8-14)15-9-5-2-6-10-15/h1-13,19H,21H2. The first-order valence-corrected chi connectivity index (χ1v) is 6.90. The van der Waals surface area contributed by atoms with Gasteiger partial charge in [0, 0.05) is 11.6 Å². The molecular formula is C19H16FN. The second-order valence-electron chi connectivity index (χ2n) is 5.03. The van der Waals surface area contributed by atoms with Gasteiger partial charge in [0.2, 0.25) is 0 Å². The first-order chi connectivity index (χ1) is 10.3. The summed E-state index contributed by atoms with van der Waals surface area (Å²) in [7, 11) is 0. The summed E-state index contributed by atoms with van der Waals surface area (Å²) in [6, 6.07) is 24.6. The van der Waals surface area contributed by atoms with E-state index in [2.05, 4.69) is 0 Å². The van der Waals surface area contributed by atoms with Crippen molar-refractivity contribution < 1.29 is 4.39 Å². The van der Waals surface area contributed by atoms with Crippen molar-refractivity contribution >= 4 is 5.69 Å². The van der Waals surface area contributed by atoms with E-state index >= 15 is 0 Å². The van der Waals surface area contributed by atoms with E-state index in [4.69, 9.17) is 5.73 Å². The summed E-state index contributed by atoms with van der Waals surface area (Å²) in [5.74, 6) is -0.334. The van der Waals surface area contributed by atoms with Gasteiger partial charge in [-0.15, -0.1) is 0 Å². The van der Waals surface area contributed by atoms with Crippen LogP contribution in [-0.2, 0) is 0 Å². The van der Waals surface area contributed by atoms with E-state index in [1.54, 1.807) is 6.07 Å². The molecule has 0 saturated carbocycles. The molecule has 3 aromatic carbocycles. The Balaban J connectivity index is 2.20. The molecule has 2 heteroatoms. The molecule has 2 N–H and O–H groups in total. The molecule has 0 amide bonds. The van der Waals surface area contributed by atoms with Crippen LogP contribution < -0.4 is 5.73 Å². The molecule has 0 aliphatic carbocycles. The van der Waals surface area contributed by atoms with Gasteiger partial charge in [-0.1, -0.05) is 60.7 Å². The fourth-order valence-corrected chi connectivity index (χ4v) is 2.64. The number of hydrogen-bond acceptors (Lipinski definition) is 1. The minimum absolute atomic E-state index is 0.0666.